The van der Waals surface area contributed by atoms with Crippen LogP contribution in [0.4, 0.5) is 0 Å². The molecule has 0 radical (unpaired) electrons. The fourth-order valence-corrected chi connectivity index (χ4v) is 11.6. The van der Waals surface area contributed by atoms with Crippen molar-refractivity contribution in [3.8, 4) is 5.75 Å². The fraction of sp³-hybridized carbons (Fsp3) is 0.625. The van der Waals surface area contributed by atoms with Gasteiger partial charge in [-0.15, -0.1) is 0 Å². The summed E-state index contributed by atoms with van der Waals surface area (Å²) in [5.41, 5.74) is 0.238. The summed E-state index contributed by atoms with van der Waals surface area (Å²) in [6, 6.07) is 6.94. The van der Waals surface area contributed by atoms with E-state index in [2.05, 4.69) is 20.8 Å². The van der Waals surface area contributed by atoms with Crippen LogP contribution < -0.4 is 26.2 Å². The summed E-state index contributed by atoms with van der Waals surface area (Å²) in [4.78, 5) is 0.391. The first-order valence-corrected chi connectivity index (χ1v) is 11.0. The Labute approximate surface area is 143 Å². The zero-order chi connectivity index (χ0) is 16.2. The van der Waals surface area contributed by atoms with Crippen molar-refractivity contribution in [1.82, 2.24) is 2.52 Å². The van der Waals surface area contributed by atoms with Gasteiger partial charge in [0.1, 0.15) is 0 Å². The molecule has 0 amide bonds. The first kappa shape index (κ1) is 16.5. The number of halogens is 1. The van der Waals surface area contributed by atoms with Crippen molar-refractivity contribution >= 4 is 10.0 Å². The number of rotatable bonds is 3. The van der Waals surface area contributed by atoms with E-state index < -0.39 is 31.5 Å². The molecule has 2 fully saturated rings. The Hall–Kier alpha value is -0.340. The van der Waals surface area contributed by atoms with Crippen LogP contribution >= 0.6 is 0 Å². The number of benzene rings is 1. The number of nitrogens with zero attached hydrogens (tertiary/aromatic N) is 1. The number of methoxy groups -OCH3 is 1. The van der Waals surface area contributed by atoms with Gasteiger partial charge in [-0.3, -0.25) is 0 Å². The summed E-state index contributed by atoms with van der Waals surface area (Å²) in [6.45, 7) is 6.81. The maximum absolute atomic E-state index is 13.0. The van der Waals surface area contributed by atoms with Crippen LogP contribution in [0.3, 0.4) is 0 Å². The topological polar surface area (TPSA) is 46.6 Å². The molecule has 4 nitrogen and oxygen atoms in total. The molecular weight excluding hydrogens is 413 g/mol. The van der Waals surface area contributed by atoms with Gasteiger partial charge in [0.2, 0.25) is 0 Å². The second kappa shape index (κ2) is 5.34. The molecule has 0 N–H and O–H groups in total. The summed E-state index contributed by atoms with van der Waals surface area (Å²) in [6.07, 6.45) is 3.13. The van der Waals surface area contributed by atoms with Crippen LogP contribution in [0.25, 0.3) is 0 Å². The van der Waals surface area contributed by atoms with Gasteiger partial charge in [0, 0.05) is 0 Å². The summed E-state index contributed by atoms with van der Waals surface area (Å²) < 4.78 is 33.3. The number of sulfonamides is 1. The van der Waals surface area contributed by atoms with Crippen LogP contribution in [0.5, 0.6) is 5.75 Å². The van der Waals surface area contributed by atoms with Crippen molar-refractivity contribution in [2.45, 2.75) is 54.4 Å². The van der Waals surface area contributed by atoms with Crippen LogP contribution in [-0.2, 0) is 10.0 Å². The summed E-state index contributed by atoms with van der Waals surface area (Å²) in [7, 11) is -1.79. The molecule has 2 bridgehead atoms. The van der Waals surface area contributed by atoms with Gasteiger partial charge in [-0.2, -0.15) is 0 Å². The molecule has 3 rings (SSSR count). The van der Waals surface area contributed by atoms with E-state index in [1.807, 2.05) is 2.52 Å². The number of hydrogen-bond acceptors (Lipinski definition) is 3. The Morgan fingerprint density at radius 3 is 2.41 bits per heavy atom. The predicted molar refractivity (Wildman–Crippen MR) is 81.8 cm³/mol. The molecule has 1 saturated carbocycles. The number of hydrogen-bond donors (Lipinski definition) is 0. The zero-order valence-corrected chi connectivity index (χ0v) is 16.4. The monoisotopic (exact) mass is 436 g/mol. The molecule has 2 unspecified atom stereocenters. The zero-order valence-electron chi connectivity index (χ0n) is 13.5. The standard InChI is InChI=1S/C16H23INO3S/c1-15(2)9-12-10-16(3,11-15)17-18(12)22(19,20)14-7-5-13(21-4)6-8-14/h5-8,12H,9-11H2,1-4H3/q-1. The van der Waals surface area contributed by atoms with Crippen molar-refractivity contribution in [1.29, 1.82) is 0 Å². The van der Waals surface area contributed by atoms with E-state index in [4.69, 9.17) is 4.74 Å². The van der Waals surface area contributed by atoms with Crippen molar-refractivity contribution in [3.05, 3.63) is 24.3 Å². The Morgan fingerprint density at radius 1 is 1.18 bits per heavy atom. The third-order valence-corrected chi connectivity index (χ3v) is 11.4. The molecule has 0 aromatic heterocycles. The Balaban J connectivity index is 1.93. The van der Waals surface area contributed by atoms with Crippen LogP contribution in [0.15, 0.2) is 29.2 Å². The Morgan fingerprint density at radius 2 is 1.82 bits per heavy atom. The molecule has 1 aromatic rings. The third kappa shape index (κ3) is 2.89. The average Bonchev–Trinajstić information content (AvgIpc) is 2.68. The minimum atomic E-state index is -3.38. The van der Waals surface area contributed by atoms with Gasteiger partial charge < -0.3 is 0 Å². The second-order valence-electron chi connectivity index (χ2n) is 7.32. The van der Waals surface area contributed by atoms with E-state index >= 15 is 0 Å². The molecule has 1 aliphatic carbocycles. The molecule has 22 heavy (non-hydrogen) atoms. The van der Waals surface area contributed by atoms with Gasteiger partial charge in [0.05, 0.1) is 0 Å². The van der Waals surface area contributed by atoms with Crippen LogP contribution in [-0.4, -0.2) is 27.5 Å². The third-order valence-electron chi connectivity index (χ3n) is 4.46. The number of ether oxygens (including phenoxy) is 1. The van der Waals surface area contributed by atoms with E-state index in [1.54, 1.807) is 31.4 Å². The molecular formula is C16H23INO3S-. The van der Waals surface area contributed by atoms with Crippen molar-refractivity contribution in [2.24, 2.45) is 5.41 Å². The molecule has 1 saturated heterocycles. The quantitative estimate of drug-likeness (QED) is 0.382. The van der Waals surface area contributed by atoms with Gasteiger partial charge in [0.25, 0.3) is 0 Å². The average molecular weight is 436 g/mol. The first-order valence-electron chi connectivity index (χ1n) is 7.50. The molecule has 124 valence electrons. The minimum absolute atomic E-state index is 0.175. The van der Waals surface area contributed by atoms with E-state index in [0.717, 1.165) is 19.3 Å². The molecule has 1 aromatic carbocycles. The van der Waals surface area contributed by atoms with Gasteiger partial charge >= 0.3 is 144 Å². The second-order valence-corrected chi connectivity index (χ2v) is 13.9. The SMILES string of the molecule is COc1ccc(S(=O)(=O)N2[I-]C3(C)CC2CC(C)(C)C3)cc1. The van der Waals surface area contributed by atoms with Gasteiger partial charge in [-0.05, 0) is 0 Å². The van der Waals surface area contributed by atoms with Crippen molar-refractivity contribution in [2.75, 3.05) is 7.11 Å². The molecule has 2 atom stereocenters. The molecule has 1 heterocycles. The summed E-state index contributed by atoms with van der Waals surface area (Å²) in [5.74, 6) is 0.682. The maximum atomic E-state index is 13.0. The van der Waals surface area contributed by atoms with Crippen LogP contribution in [0.1, 0.15) is 40.0 Å². The number of fused-ring (bicyclic) bond motifs is 2. The molecule has 6 heteroatoms. The van der Waals surface area contributed by atoms with E-state index in [9.17, 15) is 8.42 Å². The van der Waals surface area contributed by atoms with Gasteiger partial charge in [-0.1, -0.05) is 0 Å². The summed E-state index contributed by atoms with van der Waals surface area (Å²) in [5, 5.41) is 0. The fourth-order valence-electron chi connectivity index (χ4n) is 3.91. The van der Waals surface area contributed by atoms with E-state index in [-0.39, 0.29) is 14.9 Å². The molecule has 2 aliphatic rings. The van der Waals surface area contributed by atoms with E-state index in [0.29, 0.717) is 10.6 Å². The summed E-state index contributed by atoms with van der Waals surface area (Å²) >= 11 is -0.524. The van der Waals surface area contributed by atoms with Crippen molar-refractivity contribution < 1.29 is 34.6 Å². The van der Waals surface area contributed by atoms with Crippen LogP contribution in [0, 0.1) is 5.41 Å². The van der Waals surface area contributed by atoms with Crippen molar-refractivity contribution in [3.63, 3.8) is 0 Å². The van der Waals surface area contributed by atoms with Crippen LogP contribution in [0.2, 0.25) is 0 Å². The molecule has 1 aliphatic heterocycles. The normalized spacial score (nSPS) is 31.5. The van der Waals surface area contributed by atoms with Gasteiger partial charge in [-0.25, -0.2) is 0 Å². The Kier molecular flexibility index (Phi) is 4.01. The van der Waals surface area contributed by atoms with E-state index in [1.165, 1.54) is 0 Å². The first-order chi connectivity index (χ1) is 10.2. The molecule has 0 spiro atoms. The predicted octanol–water partition coefficient (Wildman–Crippen LogP) is 0.0409. The number of alkyl halides is 1. The van der Waals surface area contributed by atoms with Gasteiger partial charge in [0.15, 0.2) is 0 Å². The Bertz CT molecular complexity index is 671.